The van der Waals surface area contributed by atoms with E-state index in [1.165, 1.54) is 36.9 Å². The van der Waals surface area contributed by atoms with Crippen molar-refractivity contribution in [1.82, 2.24) is 9.55 Å². The zero-order chi connectivity index (χ0) is 21.7. The van der Waals surface area contributed by atoms with Gasteiger partial charge in [-0.25, -0.2) is 4.98 Å². The Morgan fingerprint density at radius 3 is 2.60 bits per heavy atom. The molecule has 8 heteroatoms. The minimum atomic E-state index is -0.201. The maximum atomic E-state index is 12.5. The average Bonchev–Trinajstić information content (AvgIpc) is 3.17. The van der Waals surface area contributed by atoms with Gasteiger partial charge in [0.05, 0.1) is 18.6 Å². The Bertz CT molecular complexity index is 1080. The van der Waals surface area contributed by atoms with Crippen molar-refractivity contribution < 1.29 is 14.3 Å². The van der Waals surface area contributed by atoms with Crippen LogP contribution in [0.5, 0.6) is 5.75 Å². The predicted molar refractivity (Wildman–Crippen MR) is 120 cm³/mol. The number of aryl methyl sites for hydroxylation is 2. The Hall–Kier alpha value is -3.26. The highest BCUT2D eigenvalue weighted by Crippen LogP contribution is 2.28. The number of imidazole rings is 1. The first-order valence-corrected chi connectivity index (χ1v) is 10.3. The van der Waals surface area contributed by atoms with Crippen LogP contribution in [0.1, 0.15) is 18.1 Å². The van der Waals surface area contributed by atoms with E-state index in [0.717, 1.165) is 10.8 Å². The van der Waals surface area contributed by atoms with Crippen LogP contribution >= 0.6 is 11.8 Å². The van der Waals surface area contributed by atoms with Crippen LogP contribution in [0.25, 0.3) is 5.69 Å². The number of hydrogen-bond acceptors (Lipinski definition) is 5. The number of aromatic nitrogens is 2. The standard InChI is InChI=1S/C22H24N4O3S/c1-14-5-7-18(11-15(14)2)26-10-9-23-22(26)30-13-21(28)25-19-12-17(24-16(3)27)6-8-20(19)29-4/h5-12H,13H2,1-4H3,(H,24,27)(H,25,28). The number of nitrogens with zero attached hydrogens (tertiary/aromatic N) is 2. The molecule has 0 unspecified atom stereocenters. The van der Waals surface area contributed by atoms with E-state index in [1.54, 1.807) is 24.4 Å². The maximum Gasteiger partial charge on any atom is 0.234 e. The smallest absolute Gasteiger partial charge is 0.234 e. The van der Waals surface area contributed by atoms with E-state index >= 15 is 0 Å². The van der Waals surface area contributed by atoms with Gasteiger partial charge in [-0.05, 0) is 55.3 Å². The van der Waals surface area contributed by atoms with Crippen LogP contribution in [0, 0.1) is 13.8 Å². The van der Waals surface area contributed by atoms with E-state index in [-0.39, 0.29) is 17.6 Å². The van der Waals surface area contributed by atoms with E-state index < -0.39 is 0 Å². The summed E-state index contributed by atoms with van der Waals surface area (Å²) in [6.07, 6.45) is 3.60. The topological polar surface area (TPSA) is 85.2 Å². The van der Waals surface area contributed by atoms with Crippen LogP contribution in [0.15, 0.2) is 53.9 Å². The molecule has 30 heavy (non-hydrogen) atoms. The number of benzene rings is 2. The molecule has 0 aliphatic rings. The third-order valence-corrected chi connectivity index (χ3v) is 5.47. The highest BCUT2D eigenvalue weighted by atomic mass is 32.2. The molecular weight excluding hydrogens is 400 g/mol. The summed E-state index contributed by atoms with van der Waals surface area (Å²) < 4.78 is 7.26. The van der Waals surface area contributed by atoms with E-state index in [1.807, 2.05) is 16.8 Å². The van der Waals surface area contributed by atoms with Crippen molar-refractivity contribution in [3.05, 3.63) is 59.9 Å². The van der Waals surface area contributed by atoms with Crippen LogP contribution in [0.3, 0.4) is 0 Å². The Balaban J connectivity index is 1.69. The molecule has 0 radical (unpaired) electrons. The van der Waals surface area contributed by atoms with Gasteiger partial charge in [0.15, 0.2) is 5.16 Å². The summed E-state index contributed by atoms with van der Waals surface area (Å²) in [6.45, 7) is 5.57. The molecule has 156 valence electrons. The van der Waals surface area contributed by atoms with Crippen molar-refractivity contribution >= 4 is 35.0 Å². The molecule has 0 bridgehead atoms. The summed E-state index contributed by atoms with van der Waals surface area (Å²) in [7, 11) is 1.53. The molecule has 2 aromatic carbocycles. The third kappa shape index (κ3) is 5.21. The molecule has 1 aromatic heterocycles. The number of methoxy groups -OCH3 is 1. The summed E-state index contributed by atoms with van der Waals surface area (Å²) in [5.41, 5.74) is 4.50. The lowest BCUT2D eigenvalue weighted by molar-refractivity contribution is -0.114. The van der Waals surface area contributed by atoms with Crippen LogP contribution in [-0.2, 0) is 9.59 Å². The fraction of sp³-hybridized carbons (Fsp3) is 0.227. The van der Waals surface area contributed by atoms with E-state index in [9.17, 15) is 9.59 Å². The van der Waals surface area contributed by atoms with Crippen LogP contribution in [0.4, 0.5) is 11.4 Å². The maximum absolute atomic E-state index is 12.5. The fourth-order valence-corrected chi connectivity index (χ4v) is 3.64. The number of nitrogens with one attached hydrogen (secondary N) is 2. The fourth-order valence-electron chi connectivity index (χ4n) is 2.87. The molecule has 0 aliphatic heterocycles. The summed E-state index contributed by atoms with van der Waals surface area (Å²) in [5.74, 6) is 0.299. The van der Waals surface area contributed by atoms with Gasteiger partial charge in [0, 0.05) is 30.7 Å². The van der Waals surface area contributed by atoms with Crippen LogP contribution < -0.4 is 15.4 Å². The third-order valence-electron chi connectivity index (χ3n) is 4.50. The summed E-state index contributed by atoms with van der Waals surface area (Å²) in [5, 5.41) is 6.26. The first-order chi connectivity index (χ1) is 14.4. The second-order valence-electron chi connectivity index (χ2n) is 6.78. The molecule has 0 atom stereocenters. The molecule has 2 N–H and O–H groups in total. The molecule has 0 saturated carbocycles. The number of carbonyl (C=O) groups is 2. The van der Waals surface area contributed by atoms with Crippen molar-refractivity contribution in [1.29, 1.82) is 0 Å². The largest absolute Gasteiger partial charge is 0.495 e. The summed E-state index contributed by atoms with van der Waals surface area (Å²) in [6, 6.07) is 11.3. The van der Waals surface area contributed by atoms with Gasteiger partial charge in [-0.3, -0.25) is 14.2 Å². The van der Waals surface area contributed by atoms with Crippen molar-refractivity contribution in [2.45, 2.75) is 25.9 Å². The number of carbonyl (C=O) groups excluding carboxylic acids is 2. The number of hydrogen-bond donors (Lipinski definition) is 2. The Kier molecular flexibility index (Phi) is 6.79. The molecule has 0 spiro atoms. The average molecular weight is 425 g/mol. The van der Waals surface area contributed by atoms with E-state index in [0.29, 0.717) is 17.1 Å². The molecule has 1 heterocycles. The van der Waals surface area contributed by atoms with Gasteiger partial charge in [0.2, 0.25) is 11.8 Å². The highest BCUT2D eigenvalue weighted by Gasteiger charge is 2.13. The monoisotopic (exact) mass is 424 g/mol. The lowest BCUT2D eigenvalue weighted by Crippen LogP contribution is -2.15. The Labute approximate surface area is 179 Å². The second kappa shape index (κ2) is 9.49. The normalized spacial score (nSPS) is 10.5. The lowest BCUT2D eigenvalue weighted by Gasteiger charge is -2.13. The van der Waals surface area contributed by atoms with Gasteiger partial charge in [-0.2, -0.15) is 0 Å². The molecule has 0 aliphatic carbocycles. The molecule has 3 rings (SSSR count). The zero-order valence-electron chi connectivity index (χ0n) is 17.4. The minimum Gasteiger partial charge on any atom is -0.495 e. The first kappa shape index (κ1) is 21.4. The number of rotatable bonds is 7. The van der Waals surface area contributed by atoms with Crippen molar-refractivity contribution in [2.75, 3.05) is 23.5 Å². The number of ether oxygens (including phenoxy) is 1. The second-order valence-corrected chi connectivity index (χ2v) is 7.72. The quantitative estimate of drug-likeness (QED) is 0.556. The van der Waals surface area contributed by atoms with Gasteiger partial charge in [0.25, 0.3) is 0 Å². The Morgan fingerprint density at radius 1 is 1.10 bits per heavy atom. The van der Waals surface area contributed by atoms with E-state index in [2.05, 4.69) is 41.6 Å². The molecule has 2 amide bonds. The Morgan fingerprint density at radius 2 is 1.90 bits per heavy atom. The van der Waals surface area contributed by atoms with Crippen molar-refractivity contribution in [3.8, 4) is 11.4 Å². The van der Waals surface area contributed by atoms with Gasteiger partial charge in [-0.15, -0.1) is 0 Å². The SMILES string of the molecule is COc1ccc(NC(C)=O)cc1NC(=O)CSc1nccn1-c1ccc(C)c(C)c1. The summed E-state index contributed by atoms with van der Waals surface area (Å²) in [4.78, 5) is 28.2. The molecule has 7 nitrogen and oxygen atoms in total. The molecule has 0 saturated heterocycles. The first-order valence-electron chi connectivity index (χ1n) is 9.36. The minimum absolute atomic E-state index is 0.176. The number of anilines is 2. The van der Waals surface area contributed by atoms with Gasteiger partial charge in [0.1, 0.15) is 5.75 Å². The zero-order valence-corrected chi connectivity index (χ0v) is 18.2. The van der Waals surface area contributed by atoms with Crippen LogP contribution in [-0.4, -0.2) is 34.2 Å². The van der Waals surface area contributed by atoms with Gasteiger partial charge in [-0.1, -0.05) is 17.8 Å². The molecule has 3 aromatic rings. The van der Waals surface area contributed by atoms with E-state index in [4.69, 9.17) is 4.74 Å². The highest BCUT2D eigenvalue weighted by molar-refractivity contribution is 7.99. The molecular formula is C22H24N4O3S. The number of thioether (sulfide) groups is 1. The van der Waals surface area contributed by atoms with Crippen molar-refractivity contribution in [2.24, 2.45) is 0 Å². The van der Waals surface area contributed by atoms with Crippen LogP contribution in [0.2, 0.25) is 0 Å². The number of amides is 2. The summed E-state index contributed by atoms with van der Waals surface area (Å²) >= 11 is 1.34. The van der Waals surface area contributed by atoms with Gasteiger partial charge < -0.3 is 15.4 Å². The lowest BCUT2D eigenvalue weighted by atomic mass is 10.1. The molecule has 0 fully saturated rings. The predicted octanol–water partition coefficient (Wildman–Crippen LogP) is 4.19. The van der Waals surface area contributed by atoms with Gasteiger partial charge >= 0.3 is 0 Å². The van der Waals surface area contributed by atoms with Crippen molar-refractivity contribution in [3.63, 3.8) is 0 Å².